The molecule has 1 atom stereocenters. The average Bonchev–Trinajstić information content (AvgIpc) is 2.67. The van der Waals surface area contributed by atoms with Crippen LogP contribution in [0.1, 0.15) is 17.2 Å². The summed E-state index contributed by atoms with van der Waals surface area (Å²) in [6, 6.07) is 13.8. The highest BCUT2D eigenvalue weighted by Crippen LogP contribution is 2.31. The lowest BCUT2D eigenvalue weighted by atomic mass is 10.00. The maximum Gasteiger partial charge on any atom is 0.354 e. The van der Waals surface area contributed by atoms with Crippen LogP contribution in [0, 0.1) is 0 Å². The number of carbonyl (C=O) groups is 2. The summed E-state index contributed by atoms with van der Waals surface area (Å²) in [5, 5.41) is 13.9. The molecule has 26 heavy (non-hydrogen) atoms. The number of benzene rings is 2. The van der Waals surface area contributed by atoms with Gasteiger partial charge in [-0.2, -0.15) is 0 Å². The van der Waals surface area contributed by atoms with Crippen molar-refractivity contribution in [3.05, 3.63) is 76.5 Å². The van der Waals surface area contributed by atoms with E-state index in [0.29, 0.717) is 21.8 Å². The number of hydrogen-bond acceptors (Lipinski definition) is 6. The summed E-state index contributed by atoms with van der Waals surface area (Å²) >= 11 is 6.05. The number of ether oxygens (including phenoxy) is 2. The quantitative estimate of drug-likeness (QED) is 0.596. The van der Waals surface area contributed by atoms with Crippen LogP contribution < -0.4 is 5.32 Å². The fraction of sp³-hybridized carbons (Fsp3) is 0.158. The highest BCUT2D eigenvalue weighted by atomic mass is 35.5. The molecule has 136 valence electrons. The van der Waals surface area contributed by atoms with Crippen molar-refractivity contribution in [2.75, 3.05) is 19.5 Å². The summed E-state index contributed by atoms with van der Waals surface area (Å²) in [4.78, 5) is 23.5. The first kappa shape index (κ1) is 19.5. The lowest BCUT2D eigenvalue weighted by molar-refractivity contribution is -0.138. The number of hydrogen-bond donors (Lipinski definition) is 2. The van der Waals surface area contributed by atoms with Crippen LogP contribution in [0.5, 0.6) is 0 Å². The molecule has 0 radical (unpaired) electrons. The van der Waals surface area contributed by atoms with Gasteiger partial charge >= 0.3 is 11.9 Å². The van der Waals surface area contributed by atoms with Crippen molar-refractivity contribution in [1.82, 2.24) is 0 Å². The lowest BCUT2D eigenvalue weighted by Crippen LogP contribution is -2.17. The summed E-state index contributed by atoms with van der Waals surface area (Å²) < 4.78 is 9.22. The second-order valence-electron chi connectivity index (χ2n) is 5.24. The highest BCUT2D eigenvalue weighted by Gasteiger charge is 2.19. The maximum absolute atomic E-state index is 11.9. The summed E-state index contributed by atoms with van der Waals surface area (Å²) in [5.41, 5.74) is 1.34. The van der Waals surface area contributed by atoms with Gasteiger partial charge in [0, 0.05) is 16.3 Å². The minimum absolute atomic E-state index is 0.150. The Morgan fingerprint density at radius 2 is 1.81 bits per heavy atom. The molecule has 0 spiro atoms. The number of carbonyl (C=O) groups excluding carboxylic acids is 2. The van der Waals surface area contributed by atoms with Gasteiger partial charge in [0.2, 0.25) is 0 Å². The molecule has 2 aromatic carbocycles. The Morgan fingerprint density at radius 1 is 1.12 bits per heavy atom. The van der Waals surface area contributed by atoms with Crippen LogP contribution >= 0.6 is 11.6 Å². The Kier molecular flexibility index (Phi) is 6.77. The Hall–Kier alpha value is -2.83. The third-order valence-electron chi connectivity index (χ3n) is 3.56. The van der Waals surface area contributed by atoms with E-state index in [4.69, 9.17) is 11.6 Å². The fourth-order valence-corrected chi connectivity index (χ4v) is 2.44. The normalized spacial score (nSPS) is 12.2. The fourth-order valence-electron chi connectivity index (χ4n) is 2.27. The van der Waals surface area contributed by atoms with E-state index in [0.717, 1.165) is 6.08 Å². The van der Waals surface area contributed by atoms with Crippen molar-refractivity contribution in [3.8, 4) is 0 Å². The smallest absolute Gasteiger partial charge is 0.354 e. The number of nitrogens with one attached hydrogen (secondary N) is 1. The topological polar surface area (TPSA) is 84.9 Å². The van der Waals surface area contributed by atoms with Gasteiger partial charge in [-0.05, 0) is 17.7 Å². The summed E-state index contributed by atoms with van der Waals surface area (Å²) in [6.45, 7) is 0. The Bertz CT molecular complexity index is 820. The van der Waals surface area contributed by atoms with Gasteiger partial charge in [-0.15, -0.1) is 0 Å². The lowest BCUT2D eigenvalue weighted by Gasteiger charge is -2.18. The molecule has 7 heteroatoms. The first-order valence-corrected chi connectivity index (χ1v) is 8.01. The van der Waals surface area contributed by atoms with E-state index in [1.807, 2.05) is 6.07 Å². The zero-order chi connectivity index (χ0) is 19.1. The second-order valence-corrected chi connectivity index (χ2v) is 5.68. The molecule has 2 rings (SSSR count). The molecule has 0 saturated heterocycles. The van der Waals surface area contributed by atoms with Gasteiger partial charge in [-0.3, -0.25) is 0 Å². The standard InChI is InChI=1S/C19H18ClNO5/c1-25-17(22)11-16(19(24)26-2)21-15-10-13(20)8-9-14(15)18(23)12-6-4-3-5-7-12/h3-11,18,21,23H,1-2H3/b16-11+. The SMILES string of the molecule is COC(=O)/C=C(/Nc1cc(Cl)ccc1C(O)c1ccccc1)C(=O)OC. The van der Waals surface area contributed by atoms with Gasteiger partial charge in [0.15, 0.2) is 0 Å². The summed E-state index contributed by atoms with van der Waals surface area (Å²) in [6.07, 6.45) is -0.00112. The van der Waals surface area contributed by atoms with E-state index >= 15 is 0 Å². The predicted molar refractivity (Wildman–Crippen MR) is 97.7 cm³/mol. The van der Waals surface area contributed by atoms with Crippen molar-refractivity contribution in [1.29, 1.82) is 0 Å². The molecule has 0 fully saturated rings. The van der Waals surface area contributed by atoms with Crippen LogP contribution in [-0.2, 0) is 19.1 Å². The number of esters is 2. The van der Waals surface area contributed by atoms with Crippen LogP contribution in [0.25, 0.3) is 0 Å². The minimum Gasteiger partial charge on any atom is -0.466 e. The molecule has 6 nitrogen and oxygen atoms in total. The Labute approximate surface area is 156 Å². The molecule has 0 bridgehead atoms. The number of anilines is 1. The summed E-state index contributed by atoms with van der Waals surface area (Å²) in [5.74, 6) is -1.50. The molecular weight excluding hydrogens is 358 g/mol. The molecule has 2 aromatic rings. The van der Waals surface area contributed by atoms with Crippen LogP contribution in [0.2, 0.25) is 5.02 Å². The molecule has 0 heterocycles. The molecular formula is C19H18ClNO5. The van der Waals surface area contributed by atoms with Gasteiger partial charge in [-0.25, -0.2) is 9.59 Å². The predicted octanol–water partition coefficient (Wildman–Crippen LogP) is 3.06. The van der Waals surface area contributed by atoms with Crippen molar-refractivity contribution in [3.63, 3.8) is 0 Å². The zero-order valence-electron chi connectivity index (χ0n) is 14.2. The van der Waals surface area contributed by atoms with Crippen LogP contribution in [0.15, 0.2) is 60.3 Å². The molecule has 0 aliphatic carbocycles. The highest BCUT2D eigenvalue weighted by molar-refractivity contribution is 6.30. The monoisotopic (exact) mass is 375 g/mol. The van der Waals surface area contributed by atoms with E-state index in [9.17, 15) is 14.7 Å². The van der Waals surface area contributed by atoms with Gasteiger partial charge in [0.1, 0.15) is 11.8 Å². The van der Waals surface area contributed by atoms with E-state index in [2.05, 4.69) is 14.8 Å². The Balaban J connectivity index is 2.44. The zero-order valence-corrected chi connectivity index (χ0v) is 15.0. The largest absolute Gasteiger partial charge is 0.466 e. The molecule has 0 saturated carbocycles. The van der Waals surface area contributed by atoms with Gasteiger partial charge in [0.25, 0.3) is 0 Å². The van der Waals surface area contributed by atoms with E-state index in [-0.39, 0.29) is 5.70 Å². The van der Waals surface area contributed by atoms with Crippen molar-refractivity contribution in [2.45, 2.75) is 6.10 Å². The van der Waals surface area contributed by atoms with Crippen LogP contribution in [0.3, 0.4) is 0 Å². The van der Waals surface area contributed by atoms with Crippen molar-refractivity contribution >= 4 is 29.2 Å². The van der Waals surface area contributed by atoms with Crippen LogP contribution in [-0.4, -0.2) is 31.3 Å². The van der Waals surface area contributed by atoms with Crippen LogP contribution in [0.4, 0.5) is 5.69 Å². The van der Waals surface area contributed by atoms with E-state index < -0.39 is 18.0 Å². The van der Waals surface area contributed by atoms with Gasteiger partial charge < -0.3 is 19.9 Å². The maximum atomic E-state index is 11.9. The molecule has 0 aromatic heterocycles. The first-order valence-electron chi connectivity index (χ1n) is 7.63. The van der Waals surface area contributed by atoms with E-state index in [1.165, 1.54) is 20.3 Å². The number of aliphatic hydroxyl groups excluding tert-OH is 1. The summed E-state index contributed by atoms with van der Waals surface area (Å²) in [7, 11) is 2.38. The molecule has 2 N–H and O–H groups in total. The van der Waals surface area contributed by atoms with Gasteiger partial charge in [0.05, 0.1) is 20.3 Å². The average molecular weight is 376 g/mol. The Morgan fingerprint density at radius 3 is 2.42 bits per heavy atom. The second kappa shape index (κ2) is 9.03. The third-order valence-corrected chi connectivity index (χ3v) is 3.80. The van der Waals surface area contributed by atoms with Crippen molar-refractivity contribution < 1.29 is 24.2 Å². The van der Waals surface area contributed by atoms with E-state index in [1.54, 1.807) is 36.4 Å². The molecule has 0 aliphatic heterocycles. The molecule has 1 unspecified atom stereocenters. The number of aliphatic hydroxyl groups is 1. The van der Waals surface area contributed by atoms with Crippen molar-refractivity contribution in [2.24, 2.45) is 0 Å². The minimum atomic E-state index is -0.965. The molecule has 0 amide bonds. The third kappa shape index (κ3) is 4.84. The number of halogens is 1. The number of methoxy groups -OCH3 is 2. The first-order chi connectivity index (χ1) is 12.5. The number of rotatable bonds is 6. The molecule has 0 aliphatic rings. The van der Waals surface area contributed by atoms with Gasteiger partial charge in [-0.1, -0.05) is 48.0 Å².